The molecule has 0 bridgehead atoms. The van der Waals surface area contributed by atoms with Gasteiger partial charge in [0.05, 0.1) is 17.6 Å². The summed E-state index contributed by atoms with van der Waals surface area (Å²) in [6, 6.07) is 4.84. The minimum Gasteiger partial charge on any atom is -0.381 e. The van der Waals surface area contributed by atoms with Gasteiger partial charge in [-0.05, 0) is 55.7 Å². The van der Waals surface area contributed by atoms with Crippen LogP contribution < -0.4 is 20.9 Å². The second kappa shape index (κ2) is 8.46. The molecular weight excluding hydrogens is 435 g/mol. The van der Waals surface area contributed by atoms with Gasteiger partial charge in [-0.3, -0.25) is 4.79 Å². The van der Waals surface area contributed by atoms with Gasteiger partial charge in [-0.1, -0.05) is 6.07 Å². The lowest BCUT2D eigenvalue weighted by atomic mass is 9.98. The summed E-state index contributed by atoms with van der Waals surface area (Å²) >= 11 is 0. The molecule has 1 spiro atoms. The highest BCUT2D eigenvalue weighted by Crippen LogP contribution is 2.57. The lowest BCUT2D eigenvalue weighted by molar-refractivity contribution is -0.120. The zero-order valence-electron chi connectivity index (χ0n) is 19.3. The van der Waals surface area contributed by atoms with Crippen LogP contribution in [0, 0.1) is 11.7 Å². The third kappa shape index (κ3) is 3.80. The van der Waals surface area contributed by atoms with Crippen LogP contribution in [0.4, 0.5) is 21.8 Å². The summed E-state index contributed by atoms with van der Waals surface area (Å²) in [6.07, 6.45) is 6.40. The van der Waals surface area contributed by atoms with Crippen molar-refractivity contribution in [2.24, 2.45) is 11.7 Å². The lowest BCUT2D eigenvalue weighted by Gasteiger charge is -2.25. The molecule has 1 aromatic carbocycles. The molecule has 1 atom stereocenters. The number of rotatable bonds is 6. The minimum absolute atomic E-state index is 0.0538. The summed E-state index contributed by atoms with van der Waals surface area (Å²) in [5.74, 6) is 1.63. The maximum absolute atomic E-state index is 14.1. The fourth-order valence-corrected chi connectivity index (χ4v) is 5.53. The van der Waals surface area contributed by atoms with Gasteiger partial charge < -0.3 is 25.6 Å². The second-order valence-corrected chi connectivity index (χ2v) is 10.1. The fraction of sp³-hybridized carbons (Fsp3) is 0.560. The standard InChI is InChI=1S/C25H31FN6O2/c26-18-1-2-20-21(11-18)32(23(33)25(20)6-7-25)14-17-13-29-24(31-8-3-19(27)15-31)30-22(17)28-12-16-4-9-34-10-5-16/h1-2,11,13,16,19H,3-10,12,14-15,27H2,(H,28,29,30). The number of hydrogen-bond acceptors (Lipinski definition) is 7. The Morgan fingerprint density at radius 3 is 2.79 bits per heavy atom. The number of amides is 1. The Bertz CT molecular complexity index is 1100. The van der Waals surface area contributed by atoms with E-state index < -0.39 is 5.41 Å². The molecule has 2 saturated heterocycles. The molecule has 1 aromatic heterocycles. The van der Waals surface area contributed by atoms with Crippen molar-refractivity contribution >= 4 is 23.4 Å². The van der Waals surface area contributed by atoms with Crippen molar-refractivity contribution in [2.75, 3.05) is 48.0 Å². The van der Waals surface area contributed by atoms with Crippen LogP contribution in [0.2, 0.25) is 0 Å². The van der Waals surface area contributed by atoms with E-state index in [0.717, 1.165) is 81.9 Å². The molecule has 0 radical (unpaired) electrons. The maximum Gasteiger partial charge on any atom is 0.238 e. The monoisotopic (exact) mass is 466 g/mol. The second-order valence-electron chi connectivity index (χ2n) is 10.1. The van der Waals surface area contributed by atoms with Crippen LogP contribution in [-0.2, 0) is 21.5 Å². The number of nitrogens with one attached hydrogen (secondary N) is 1. The molecule has 180 valence electrons. The van der Waals surface area contributed by atoms with Crippen LogP contribution in [0.1, 0.15) is 43.2 Å². The van der Waals surface area contributed by atoms with E-state index in [1.54, 1.807) is 11.0 Å². The Labute approximate surface area is 198 Å². The average Bonchev–Trinajstić information content (AvgIpc) is 3.49. The molecule has 8 nitrogen and oxygen atoms in total. The van der Waals surface area contributed by atoms with Gasteiger partial charge in [-0.25, -0.2) is 9.37 Å². The summed E-state index contributed by atoms with van der Waals surface area (Å²) in [5.41, 5.74) is 8.08. The SMILES string of the molecule is NC1CCN(c2ncc(CN3C(=O)C4(CC4)c4ccc(F)cc43)c(NCC3CCOCC3)n2)C1. The summed E-state index contributed by atoms with van der Waals surface area (Å²) in [7, 11) is 0. The van der Waals surface area contributed by atoms with Gasteiger partial charge in [-0.2, -0.15) is 4.98 Å². The summed E-state index contributed by atoms with van der Waals surface area (Å²) < 4.78 is 19.6. The Morgan fingerprint density at radius 2 is 2.06 bits per heavy atom. The van der Waals surface area contributed by atoms with Gasteiger partial charge in [0.15, 0.2) is 0 Å². The van der Waals surface area contributed by atoms with E-state index in [1.807, 2.05) is 6.20 Å². The van der Waals surface area contributed by atoms with Crippen LogP contribution in [0.25, 0.3) is 0 Å². The molecule has 6 rings (SSSR count). The summed E-state index contributed by atoms with van der Waals surface area (Å²) in [4.78, 5) is 26.7. The quantitative estimate of drug-likeness (QED) is 0.675. The highest BCUT2D eigenvalue weighted by atomic mass is 19.1. The molecular formula is C25H31FN6O2. The van der Waals surface area contributed by atoms with Crippen molar-refractivity contribution in [2.45, 2.75) is 50.1 Å². The molecule has 1 unspecified atom stereocenters. The van der Waals surface area contributed by atoms with Crippen LogP contribution in [-0.4, -0.2) is 54.8 Å². The van der Waals surface area contributed by atoms with E-state index in [9.17, 15) is 9.18 Å². The Balaban J connectivity index is 1.29. The van der Waals surface area contributed by atoms with Crippen molar-refractivity contribution in [3.05, 3.63) is 41.3 Å². The lowest BCUT2D eigenvalue weighted by Crippen LogP contribution is -2.32. The molecule has 3 aliphatic heterocycles. The van der Waals surface area contributed by atoms with Crippen LogP contribution in [0.15, 0.2) is 24.4 Å². The largest absolute Gasteiger partial charge is 0.381 e. The number of ether oxygens (including phenoxy) is 1. The van der Waals surface area contributed by atoms with Gasteiger partial charge in [0.25, 0.3) is 0 Å². The number of fused-ring (bicyclic) bond motifs is 2. The van der Waals surface area contributed by atoms with Gasteiger partial charge in [0, 0.05) is 50.7 Å². The number of hydrogen-bond donors (Lipinski definition) is 2. The molecule has 3 N–H and O–H groups in total. The number of nitrogens with two attached hydrogens (primary N) is 1. The minimum atomic E-state index is -0.467. The Kier molecular flexibility index (Phi) is 5.41. The van der Waals surface area contributed by atoms with Crippen molar-refractivity contribution in [1.82, 2.24) is 9.97 Å². The first-order chi connectivity index (χ1) is 16.5. The Morgan fingerprint density at radius 1 is 1.24 bits per heavy atom. The Hall–Kier alpha value is -2.78. The smallest absolute Gasteiger partial charge is 0.238 e. The molecule has 2 aromatic rings. The molecule has 1 aliphatic carbocycles. The van der Waals surface area contributed by atoms with E-state index >= 15 is 0 Å². The number of benzene rings is 1. The van der Waals surface area contributed by atoms with Gasteiger partial charge in [-0.15, -0.1) is 0 Å². The summed E-state index contributed by atoms with van der Waals surface area (Å²) in [6.45, 7) is 4.24. The number of carbonyl (C=O) groups excluding carboxylic acids is 1. The van der Waals surface area contributed by atoms with Gasteiger partial charge in [0.2, 0.25) is 11.9 Å². The fourth-order valence-electron chi connectivity index (χ4n) is 5.53. The zero-order chi connectivity index (χ0) is 23.3. The van der Waals surface area contributed by atoms with Crippen molar-refractivity contribution in [1.29, 1.82) is 0 Å². The normalized spacial score (nSPS) is 23.6. The topological polar surface area (TPSA) is 96.6 Å². The van der Waals surface area contributed by atoms with E-state index in [0.29, 0.717) is 24.1 Å². The van der Waals surface area contributed by atoms with Crippen molar-refractivity contribution in [3.8, 4) is 0 Å². The van der Waals surface area contributed by atoms with Crippen LogP contribution >= 0.6 is 0 Å². The number of aromatic nitrogens is 2. The predicted molar refractivity (Wildman–Crippen MR) is 127 cm³/mol. The molecule has 1 amide bonds. The van der Waals surface area contributed by atoms with E-state index in [4.69, 9.17) is 15.5 Å². The number of anilines is 3. The first-order valence-electron chi connectivity index (χ1n) is 12.3. The number of nitrogens with zero attached hydrogens (tertiary/aromatic N) is 4. The van der Waals surface area contributed by atoms with Gasteiger partial charge >= 0.3 is 0 Å². The van der Waals surface area contributed by atoms with Crippen LogP contribution in [0.5, 0.6) is 0 Å². The number of carbonyl (C=O) groups is 1. The molecule has 3 fully saturated rings. The summed E-state index contributed by atoms with van der Waals surface area (Å²) in [5, 5.41) is 3.54. The van der Waals surface area contributed by atoms with E-state index in [-0.39, 0.29) is 17.8 Å². The molecule has 34 heavy (non-hydrogen) atoms. The van der Waals surface area contributed by atoms with E-state index in [2.05, 4.69) is 15.2 Å². The highest BCUT2D eigenvalue weighted by Gasteiger charge is 2.59. The van der Waals surface area contributed by atoms with Crippen LogP contribution in [0.3, 0.4) is 0 Å². The third-order valence-corrected chi connectivity index (χ3v) is 7.76. The number of halogens is 1. The van der Waals surface area contributed by atoms with Crippen molar-refractivity contribution in [3.63, 3.8) is 0 Å². The first-order valence-corrected chi connectivity index (χ1v) is 12.3. The van der Waals surface area contributed by atoms with Crippen molar-refractivity contribution < 1.29 is 13.9 Å². The molecule has 1 saturated carbocycles. The predicted octanol–water partition coefficient (Wildman–Crippen LogP) is 2.57. The first kappa shape index (κ1) is 21.7. The zero-order valence-corrected chi connectivity index (χ0v) is 19.3. The third-order valence-electron chi connectivity index (χ3n) is 7.76. The molecule has 4 aliphatic rings. The highest BCUT2D eigenvalue weighted by molar-refractivity contribution is 6.10. The van der Waals surface area contributed by atoms with E-state index in [1.165, 1.54) is 12.1 Å². The van der Waals surface area contributed by atoms with Gasteiger partial charge in [0.1, 0.15) is 11.6 Å². The molecule has 4 heterocycles. The maximum atomic E-state index is 14.1. The average molecular weight is 467 g/mol. The molecule has 9 heteroatoms.